The molecule has 0 N–H and O–H groups in total. The molecule has 1 aliphatic rings. The van der Waals surface area contributed by atoms with Crippen molar-refractivity contribution >= 4 is 0 Å². The van der Waals surface area contributed by atoms with E-state index in [9.17, 15) is 0 Å². The Balaban J connectivity index is 2.08. The maximum Gasteiger partial charge on any atom is 0.0498 e. The molecule has 1 aliphatic heterocycles. The van der Waals surface area contributed by atoms with Gasteiger partial charge in [-0.3, -0.25) is 0 Å². The van der Waals surface area contributed by atoms with Crippen molar-refractivity contribution in [3.8, 4) is 0 Å². The highest BCUT2D eigenvalue weighted by molar-refractivity contribution is 5.19. The molecular weight excluding hydrogens is 158 g/mol. The van der Waals surface area contributed by atoms with E-state index < -0.39 is 0 Å². The monoisotopic (exact) mass is 174 g/mol. The molecule has 2 rings (SSSR count). The van der Waals surface area contributed by atoms with Gasteiger partial charge < -0.3 is 0 Å². The van der Waals surface area contributed by atoms with Crippen LogP contribution in [0.2, 0.25) is 0 Å². The second-order valence-electron chi connectivity index (χ2n) is 3.96. The van der Waals surface area contributed by atoms with E-state index >= 15 is 0 Å². The van der Waals surface area contributed by atoms with E-state index in [1.807, 2.05) is 0 Å². The normalized spacial score (nSPS) is 28.7. The van der Waals surface area contributed by atoms with Crippen LogP contribution in [0, 0.1) is 5.92 Å². The van der Waals surface area contributed by atoms with Crippen molar-refractivity contribution in [1.29, 1.82) is 0 Å². The summed E-state index contributed by atoms with van der Waals surface area (Å²) in [5.74, 6) is 0.836. The van der Waals surface area contributed by atoms with Gasteiger partial charge in [0.05, 0.1) is 0 Å². The van der Waals surface area contributed by atoms with Gasteiger partial charge in [-0.15, -0.1) is 0 Å². The number of hydrogen-bond donors (Lipinski definition) is 0. The van der Waals surface area contributed by atoms with Crippen LogP contribution in [-0.4, -0.2) is 6.54 Å². The Morgan fingerprint density at radius 2 is 2.00 bits per heavy atom. The Hall–Kier alpha value is -0.820. The van der Waals surface area contributed by atoms with Crippen molar-refractivity contribution < 1.29 is 0 Å². The van der Waals surface area contributed by atoms with Gasteiger partial charge in [0.2, 0.25) is 0 Å². The maximum absolute atomic E-state index is 4.65. The van der Waals surface area contributed by atoms with Gasteiger partial charge in [-0.05, 0) is 24.3 Å². The third kappa shape index (κ3) is 2.10. The Kier molecular flexibility index (Phi) is 2.65. The molecule has 13 heavy (non-hydrogen) atoms. The van der Waals surface area contributed by atoms with Gasteiger partial charge in [-0.25, -0.2) is 5.32 Å². The molecule has 2 atom stereocenters. The largest absolute Gasteiger partial charge is 0.234 e. The van der Waals surface area contributed by atoms with Gasteiger partial charge in [-0.2, -0.15) is 0 Å². The summed E-state index contributed by atoms with van der Waals surface area (Å²) >= 11 is 0. The highest BCUT2D eigenvalue weighted by Gasteiger charge is 2.20. The van der Waals surface area contributed by atoms with Crippen LogP contribution in [0.1, 0.15) is 31.4 Å². The molecule has 69 valence electrons. The lowest BCUT2D eigenvalue weighted by Crippen LogP contribution is -2.25. The second-order valence-corrected chi connectivity index (χ2v) is 3.96. The molecule has 1 aromatic rings. The first kappa shape index (κ1) is 8.76. The standard InChI is InChI=1S/C12H16N/c1-10-7-8-13-12(9-10)11-5-3-2-4-6-11/h2-6,10,12H,7-9H2,1H3. The predicted molar refractivity (Wildman–Crippen MR) is 54.6 cm³/mol. The Bertz CT molecular complexity index is 255. The first-order chi connectivity index (χ1) is 6.36. The van der Waals surface area contributed by atoms with Crippen molar-refractivity contribution in [3.05, 3.63) is 35.9 Å². The molecule has 0 amide bonds. The maximum atomic E-state index is 4.65. The summed E-state index contributed by atoms with van der Waals surface area (Å²) in [7, 11) is 0. The van der Waals surface area contributed by atoms with Crippen LogP contribution < -0.4 is 5.32 Å². The zero-order chi connectivity index (χ0) is 9.10. The molecule has 1 nitrogen and oxygen atoms in total. The summed E-state index contributed by atoms with van der Waals surface area (Å²) in [5, 5.41) is 4.65. The van der Waals surface area contributed by atoms with Crippen LogP contribution >= 0.6 is 0 Å². The summed E-state index contributed by atoms with van der Waals surface area (Å²) in [6.45, 7) is 3.37. The number of rotatable bonds is 1. The molecule has 1 saturated heterocycles. The van der Waals surface area contributed by atoms with Crippen LogP contribution in [-0.2, 0) is 0 Å². The zero-order valence-electron chi connectivity index (χ0n) is 8.11. The lowest BCUT2D eigenvalue weighted by Gasteiger charge is -2.26. The molecule has 2 unspecified atom stereocenters. The minimum Gasteiger partial charge on any atom is -0.234 e. The van der Waals surface area contributed by atoms with Crippen molar-refractivity contribution in [2.45, 2.75) is 25.8 Å². The number of piperidine rings is 1. The van der Waals surface area contributed by atoms with E-state index in [1.54, 1.807) is 0 Å². The van der Waals surface area contributed by atoms with Crippen molar-refractivity contribution in [1.82, 2.24) is 5.32 Å². The molecular formula is C12H16N. The summed E-state index contributed by atoms with van der Waals surface area (Å²) in [6, 6.07) is 11.1. The van der Waals surface area contributed by atoms with Crippen LogP contribution in [0.25, 0.3) is 0 Å². The van der Waals surface area contributed by atoms with E-state index in [2.05, 4.69) is 42.6 Å². The Labute approximate surface area is 80.2 Å². The van der Waals surface area contributed by atoms with Gasteiger partial charge >= 0.3 is 0 Å². The van der Waals surface area contributed by atoms with Crippen LogP contribution in [0.3, 0.4) is 0 Å². The lowest BCUT2D eigenvalue weighted by atomic mass is 9.90. The number of nitrogens with zero attached hydrogens (tertiary/aromatic N) is 1. The smallest absolute Gasteiger partial charge is 0.0498 e. The SMILES string of the molecule is CC1CC[N]C(c2ccccc2)C1. The van der Waals surface area contributed by atoms with Crippen LogP contribution in [0.5, 0.6) is 0 Å². The molecule has 1 fully saturated rings. The average Bonchev–Trinajstić information content (AvgIpc) is 2.19. The van der Waals surface area contributed by atoms with Crippen molar-refractivity contribution in [3.63, 3.8) is 0 Å². The van der Waals surface area contributed by atoms with Gasteiger partial charge in [0.25, 0.3) is 0 Å². The van der Waals surface area contributed by atoms with Gasteiger partial charge in [0.1, 0.15) is 0 Å². The summed E-state index contributed by atoms with van der Waals surface area (Å²) in [5.41, 5.74) is 1.38. The fraction of sp³-hybridized carbons (Fsp3) is 0.500. The molecule has 1 radical (unpaired) electrons. The molecule has 1 heteroatoms. The first-order valence-electron chi connectivity index (χ1n) is 5.08. The molecule has 0 aromatic heterocycles. The fourth-order valence-corrected chi connectivity index (χ4v) is 1.94. The fourth-order valence-electron chi connectivity index (χ4n) is 1.94. The van der Waals surface area contributed by atoms with Crippen molar-refractivity contribution in [2.24, 2.45) is 5.92 Å². The van der Waals surface area contributed by atoms with Gasteiger partial charge in [0.15, 0.2) is 0 Å². The quantitative estimate of drug-likeness (QED) is 0.621. The minimum atomic E-state index is 0.463. The highest BCUT2D eigenvalue weighted by Crippen LogP contribution is 2.27. The second kappa shape index (κ2) is 3.93. The molecule has 0 saturated carbocycles. The Morgan fingerprint density at radius 1 is 1.23 bits per heavy atom. The van der Waals surface area contributed by atoms with Crippen LogP contribution in [0.4, 0.5) is 0 Å². The molecule has 0 spiro atoms. The minimum absolute atomic E-state index is 0.463. The van der Waals surface area contributed by atoms with E-state index in [1.165, 1.54) is 18.4 Å². The number of benzene rings is 1. The zero-order valence-corrected chi connectivity index (χ0v) is 8.11. The summed E-state index contributed by atoms with van der Waals surface area (Å²) in [4.78, 5) is 0. The first-order valence-corrected chi connectivity index (χ1v) is 5.08. The third-order valence-electron chi connectivity index (χ3n) is 2.78. The predicted octanol–water partition coefficient (Wildman–Crippen LogP) is 2.76. The van der Waals surface area contributed by atoms with E-state index in [0.29, 0.717) is 6.04 Å². The van der Waals surface area contributed by atoms with Crippen LogP contribution in [0.15, 0.2) is 30.3 Å². The highest BCUT2D eigenvalue weighted by atomic mass is 14.9. The summed E-state index contributed by atoms with van der Waals surface area (Å²) in [6.07, 6.45) is 2.49. The number of hydrogen-bond acceptors (Lipinski definition) is 0. The van der Waals surface area contributed by atoms with E-state index in [4.69, 9.17) is 0 Å². The van der Waals surface area contributed by atoms with Gasteiger partial charge in [0, 0.05) is 12.6 Å². The summed E-state index contributed by atoms with van der Waals surface area (Å²) < 4.78 is 0. The van der Waals surface area contributed by atoms with Gasteiger partial charge in [-0.1, -0.05) is 37.3 Å². The molecule has 1 heterocycles. The van der Waals surface area contributed by atoms with E-state index in [-0.39, 0.29) is 0 Å². The molecule has 1 aromatic carbocycles. The molecule has 0 aliphatic carbocycles. The average molecular weight is 174 g/mol. The Morgan fingerprint density at radius 3 is 2.69 bits per heavy atom. The van der Waals surface area contributed by atoms with Crippen molar-refractivity contribution in [2.75, 3.05) is 6.54 Å². The molecule has 0 bridgehead atoms. The third-order valence-corrected chi connectivity index (χ3v) is 2.78. The lowest BCUT2D eigenvalue weighted by molar-refractivity contribution is 0.319. The topological polar surface area (TPSA) is 14.1 Å². The van der Waals surface area contributed by atoms with E-state index in [0.717, 1.165) is 12.5 Å².